The molecule has 3 heterocycles. The largest absolute Gasteiger partial charge is 0.496 e. The van der Waals surface area contributed by atoms with Gasteiger partial charge in [0.15, 0.2) is 0 Å². The molecule has 0 spiro atoms. The fourth-order valence-electron chi connectivity index (χ4n) is 2.53. The summed E-state index contributed by atoms with van der Waals surface area (Å²) in [6, 6.07) is 11.3. The number of hydrogen-bond acceptors (Lipinski definition) is 7. The molecule has 24 heavy (non-hydrogen) atoms. The van der Waals surface area contributed by atoms with E-state index < -0.39 is 0 Å². The van der Waals surface area contributed by atoms with Crippen LogP contribution in [0.15, 0.2) is 57.9 Å². The van der Waals surface area contributed by atoms with Crippen LogP contribution in [0.5, 0.6) is 5.75 Å². The van der Waals surface area contributed by atoms with Gasteiger partial charge in [-0.2, -0.15) is 4.98 Å². The second-order valence-electron chi connectivity index (χ2n) is 5.07. The van der Waals surface area contributed by atoms with E-state index >= 15 is 0 Å². The van der Waals surface area contributed by atoms with Crippen molar-refractivity contribution in [1.29, 1.82) is 0 Å². The lowest BCUT2D eigenvalue weighted by atomic mass is 10.1. The minimum Gasteiger partial charge on any atom is -0.496 e. The van der Waals surface area contributed by atoms with Gasteiger partial charge in [0.25, 0.3) is 5.71 Å². The van der Waals surface area contributed by atoms with Gasteiger partial charge in [-0.05, 0) is 24.3 Å². The monoisotopic (exact) mass is 322 g/mol. The molecular weight excluding hydrogens is 308 g/mol. The number of fused-ring (bicyclic) bond motifs is 1. The van der Waals surface area contributed by atoms with E-state index in [2.05, 4.69) is 20.4 Å². The molecule has 1 aromatic carbocycles. The summed E-state index contributed by atoms with van der Waals surface area (Å²) in [7, 11) is 1.62. The SMILES string of the molecule is COc1ccccc1-c1noc2ncnc(NCc3ccco3)c12. The van der Waals surface area contributed by atoms with Gasteiger partial charge < -0.3 is 19.0 Å². The molecule has 0 unspecified atom stereocenters. The molecule has 0 bridgehead atoms. The van der Waals surface area contributed by atoms with E-state index in [1.54, 1.807) is 13.4 Å². The number of benzene rings is 1. The highest BCUT2D eigenvalue weighted by Gasteiger charge is 2.19. The van der Waals surface area contributed by atoms with Crippen LogP contribution in [0.2, 0.25) is 0 Å². The van der Waals surface area contributed by atoms with Crippen molar-refractivity contribution in [3.63, 3.8) is 0 Å². The Morgan fingerprint density at radius 2 is 2.04 bits per heavy atom. The molecule has 7 heteroatoms. The van der Waals surface area contributed by atoms with Crippen LogP contribution in [0.1, 0.15) is 5.76 Å². The van der Waals surface area contributed by atoms with Gasteiger partial charge in [-0.15, -0.1) is 0 Å². The minimum atomic E-state index is 0.410. The van der Waals surface area contributed by atoms with Crippen molar-refractivity contribution in [2.24, 2.45) is 0 Å². The Hall–Kier alpha value is -3.35. The summed E-state index contributed by atoms with van der Waals surface area (Å²) in [6.45, 7) is 0.496. The molecule has 0 aliphatic heterocycles. The zero-order valence-corrected chi connectivity index (χ0v) is 12.9. The third-order valence-corrected chi connectivity index (χ3v) is 3.64. The maximum atomic E-state index is 5.42. The highest BCUT2D eigenvalue weighted by molar-refractivity contribution is 5.98. The van der Waals surface area contributed by atoms with E-state index in [4.69, 9.17) is 13.7 Å². The number of para-hydroxylation sites is 1. The lowest BCUT2D eigenvalue weighted by molar-refractivity contribution is 0.414. The summed E-state index contributed by atoms with van der Waals surface area (Å²) >= 11 is 0. The van der Waals surface area contributed by atoms with Crippen LogP contribution in [-0.4, -0.2) is 22.2 Å². The number of aromatic nitrogens is 3. The maximum absolute atomic E-state index is 5.42. The van der Waals surface area contributed by atoms with Crippen molar-refractivity contribution >= 4 is 16.9 Å². The fourth-order valence-corrected chi connectivity index (χ4v) is 2.53. The van der Waals surface area contributed by atoms with E-state index in [9.17, 15) is 0 Å². The maximum Gasteiger partial charge on any atom is 0.263 e. The standard InChI is InChI=1S/C17H14N4O3/c1-22-13-7-3-2-6-12(13)15-14-16(18-9-11-5-4-8-23-11)19-10-20-17(14)24-21-15/h2-8,10H,9H2,1H3,(H,18,19,20). The van der Waals surface area contributed by atoms with Crippen molar-refractivity contribution in [3.8, 4) is 17.0 Å². The first-order chi connectivity index (χ1) is 11.9. The topological polar surface area (TPSA) is 86.2 Å². The fraction of sp³-hybridized carbons (Fsp3) is 0.118. The Kier molecular flexibility index (Phi) is 3.59. The van der Waals surface area contributed by atoms with E-state index in [1.807, 2.05) is 36.4 Å². The van der Waals surface area contributed by atoms with Crippen molar-refractivity contribution in [3.05, 3.63) is 54.7 Å². The zero-order valence-electron chi connectivity index (χ0n) is 12.9. The molecule has 0 saturated carbocycles. The molecule has 0 atom stereocenters. The summed E-state index contributed by atoms with van der Waals surface area (Å²) in [5, 5.41) is 8.10. The van der Waals surface area contributed by atoms with Crippen LogP contribution in [-0.2, 0) is 6.54 Å². The van der Waals surface area contributed by atoms with Crippen molar-refractivity contribution in [2.75, 3.05) is 12.4 Å². The Morgan fingerprint density at radius 1 is 1.12 bits per heavy atom. The zero-order chi connectivity index (χ0) is 16.4. The van der Waals surface area contributed by atoms with Gasteiger partial charge >= 0.3 is 0 Å². The molecule has 120 valence electrons. The number of hydrogen-bond donors (Lipinski definition) is 1. The van der Waals surface area contributed by atoms with Crippen LogP contribution in [0.25, 0.3) is 22.4 Å². The Morgan fingerprint density at radius 3 is 2.88 bits per heavy atom. The minimum absolute atomic E-state index is 0.410. The van der Waals surface area contributed by atoms with Crippen LogP contribution in [0.3, 0.4) is 0 Å². The molecule has 0 aliphatic rings. The summed E-state index contributed by atoms with van der Waals surface area (Å²) in [5.41, 5.74) is 1.85. The molecule has 0 fully saturated rings. The normalized spacial score (nSPS) is 10.9. The van der Waals surface area contributed by atoms with Crippen LogP contribution < -0.4 is 10.1 Å². The molecule has 0 amide bonds. The van der Waals surface area contributed by atoms with E-state index in [1.165, 1.54) is 6.33 Å². The molecule has 0 radical (unpaired) electrons. The van der Waals surface area contributed by atoms with Gasteiger partial charge in [0.05, 0.1) is 19.9 Å². The third-order valence-electron chi connectivity index (χ3n) is 3.64. The Balaban J connectivity index is 1.79. The van der Waals surface area contributed by atoms with Crippen molar-refractivity contribution in [1.82, 2.24) is 15.1 Å². The number of furan rings is 1. The first kappa shape index (κ1) is 14.3. The highest BCUT2D eigenvalue weighted by atomic mass is 16.5. The molecule has 0 saturated heterocycles. The Bertz CT molecular complexity index is 963. The second-order valence-corrected chi connectivity index (χ2v) is 5.07. The summed E-state index contributed by atoms with van der Waals surface area (Å²) in [6.07, 6.45) is 3.07. The predicted molar refractivity (Wildman–Crippen MR) is 87.6 cm³/mol. The molecule has 0 aliphatic carbocycles. The first-order valence-electron chi connectivity index (χ1n) is 7.37. The summed E-state index contributed by atoms with van der Waals surface area (Å²) < 4.78 is 16.1. The van der Waals surface area contributed by atoms with Gasteiger partial charge in [0, 0.05) is 5.56 Å². The summed E-state index contributed by atoms with van der Waals surface area (Å²) in [4.78, 5) is 8.46. The lowest BCUT2D eigenvalue weighted by Gasteiger charge is -2.07. The van der Waals surface area contributed by atoms with Crippen molar-refractivity contribution < 1.29 is 13.7 Å². The quantitative estimate of drug-likeness (QED) is 0.601. The van der Waals surface area contributed by atoms with Crippen LogP contribution in [0, 0.1) is 0 Å². The van der Waals surface area contributed by atoms with Gasteiger partial charge in [-0.3, -0.25) is 0 Å². The molecular formula is C17H14N4O3. The first-order valence-corrected chi connectivity index (χ1v) is 7.37. The van der Waals surface area contributed by atoms with Gasteiger partial charge in [0.2, 0.25) is 0 Å². The van der Waals surface area contributed by atoms with Gasteiger partial charge in [-0.1, -0.05) is 17.3 Å². The van der Waals surface area contributed by atoms with E-state index in [0.717, 1.165) is 11.3 Å². The molecule has 4 rings (SSSR count). The molecule has 4 aromatic rings. The average molecular weight is 322 g/mol. The van der Waals surface area contributed by atoms with Gasteiger partial charge in [0.1, 0.15) is 34.7 Å². The number of nitrogens with zero attached hydrogens (tertiary/aromatic N) is 3. The number of anilines is 1. The highest BCUT2D eigenvalue weighted by Crippen LogP contribution is 2.36. The molecule has 7 nitrogen and oxygen atoms in total. The van der Waals surface area contributed by atoms with E-state index in [-0.39, 0.29) is 0 Å². The predicted octanol–water partition coefficient (Wildman–Crippen LogP) is 3.50. The number of nitrogens with one attached hydrogen (secondary N) is 1. The number of methoxy groups -OCH3 is 1. The second kappa shape index (κ2) is 6.04. The molecule has 1 N–H and O–H groups in total. The number of ether oxygens (including phenoxy) is 1. The van der Waals surface area contributed by atoms with Gasteiger partial charge in [-0.25, -0.2) is 4.98 Å². The number of rotatable bonds is 5. The van der Waals surface area contributed by atoms with Crippen LogP contribution >= 0.6 is 0 Å². The summed E-state index contributed by atoms with van der Waals surface area (Å²) in [5.74, 6) is 2.13. The van der Waals surface area contributed by atoms with E-state index in [0.29, 0.717) is 34.9 Å². The third kappa shape index (κ3) is 2.45. The average Bonchev–Trinajstić information content (AvgIpc) is 3.29. The molecule has 3 aromatic heterocycles. The van der Waals surface area contributed by atoms with Crippen molar-refractivity contribution in [2.45, 2.75) is 6.54 Å². The smallest absolute Gasteiger partial charge is 0.263 e. The van der Waals surface area contributed by atoms with Crippen LogP contribution in [0.4, 0.5) is 5.82 Å². The Labute approximate surface area is 137 Å². The lowest BCUT2D eigenvalue weighted by Crippen LogP contribution is -2.01.